The quantitative estimate of drug-likeness (QED) is 0.540. The van der Waals surface area contributed by atoms with E-state index in [9.17, 15) is 4.79 Å². The van der Waals surface area contributed by atoms with Gasteiger partial charge in [-0.25, -0.2) is 0 Å². The van der Waals surface area contributed by atoms with Gasteiger partial charge in [-0.05, 0) is 49.9 Å². The first-order valence-electron chi connectivity index (χ1n) is 6.70. The highest BCUT2D eigenvalue weighted by Gasteiger charge is 2.35. The molecular weight excluding hydrogens is 310 g/mol. The van der Waals surface area contributed by atoms with Crippen molar-refractivity contribution in [2.24, 2.45) is 0 Å². The molecule has 104 valence electrons. The van der Waals surface area contributed by atoms with E-state index in [0.29, 0.717) is 9.34 Å². The lowest BCUT2D eigenvalue weighted by atomic mass is 9.94. The van der Waals surface area contributed by atoms with Crippen molar-refractivity contribution in [3.8, 4) is 0 Å². The maximum Gasteiger partial charge on any atom is 0.270 e. The van der Waals surface area contributed by atoms with Gasteiger partial charge in [-0.15, -0.1) is 0 Å². The first-order valence-corrected chi connectivity index (χ1v) is 8.31. The summed E-state index contributed by atoms with van der Waals surface area (Å²) in [6.45, 7) is 0. The smallest absolute Gasteiger partial charge is 0.268 e. The van der Waals surface area contributed by atoms with Gasteiger partial charge in [-0.1, -0.05) is 47.6 Å². The van der Waals surface area contributed by atoms with E-state index in [1.807, 2.05) is 12.1 Å². The summed E-state index contributed by atoms with van der Waals surface area (Å²) >= 11 is 12.7. The second-order valence-corrected chi connectivity index (χ2v) is 7.06. The Labute approximate surface area is 133 Å². The summed E-state index contributed by atoms with van der Waals surface area (Å²) in [6, 6.07) is 7.23. The Bertz CT molecular complexity index is 586. The Morgan fingerprint density at radius 2 is 1.75 bits per heavy atom. The molecule has 0 N–H and O–H groups in total. The van der Waals surface area contributed by atoms with Crippen LogP contribution in [0.5, 0.6) is 0 Å². The Morgan fingerprint density at radius 3 is 2.40 bits per heavy atom. The third kappa shape index (κ3) is 2.65. The number of anilines is 1. The molecule has 20 heavy (non-hydrogen) atoms. The van der Waals surface area contributed by atoms with Crippen molar-refractivity contribution < 1.29 is 4.79 Å². The van der Waals surface area contributed by atoms with Crippen molar-refractivity contribution in [1.82, 2.24) is 0 Å². The van der Waals surface area contributed by atoms with E-state index < -0.39 is 0 Å². The first kappa shape index (κ1) is 14.1. The number of thiocarbonyl (C=S) groups is 1. The zero-order valence-corrected chi connectivity index (χ0v) is 13.3. The fourth-order valence-electron chi connectivity index (χ4n) is 2.60. The van der Waals surface area contributed by atoms with Crippen LogP contribution in [-0.2, 0) is 4.79 Å². The molecule has 0 unspecified atom stereocenters. The number of hydrogen-bond donors (Lipinski definition) is 0. The zero-order valence-electron chi connectivity index (χ0n) is 10.9. The lowest BCUT2D eigenvalue weighted by Gasteiger charge is -2.16. The number of amides is 1. The van der Waals surface area contributed by atoms with Crippen LogP contribution in [0.2, 0.25) is 5.02 Å². The average Bonchev–Trinajstić information content (AvgIpc) is 2.76. The molecule has 1 aromatic rings. The highest BCUT2D eigenvalue weighted by Crippen LogP contribution is 2.40. The molecule has 1 aromatic carbocycles. The summed E-state index contributed by atoms with van der Waals surface area (Å²) in [4.78, 5) is 15.1. The van der Waals surface area contributed by atoms with E-state index in [1.54, 1.807) is 17.0 Å². The van der Waals surface area contributed by atoms with Gasteiger partial charge in [0.2, 0.25) is 0 Å². The molecule has 2 fully saturated rings. The topological polar surface area (TPSA) is 20.3 Å². The van der Waals surface area contributed by atoms with Gasteiger partial charge in [0, 0.05) is 5.02 Å². The number of benzene rings is 1. The molecule has 1 aliphatic heterocycles. The number of thioether (sulfide) groups is 1. The molecule has 0 spiro atoms. The number of hydrogen-bond acceptors (Lipinski definition) is 3. The van der Waals surface area contributed by atoms with Gasteiger partial charge in [0.15, 0.2) is 4.32 Å². The molecule has 2 aliphatic rings. The molecule has 0 bridgehead atoms. The summed E-state index contributed by atoms with van der Waals surface area (Å²) in [5.41, 5.74) is 2.08. The zero-order chi connectivity index (χ0) is 14.1. The third-order valence-electron chi connectivity index (χ3n) is 3.63. The van der Waals surface area contributed by atoms with E-state index in [2.05, 4.69) is 0 Å². The number of allylic oxidation sites excluding steroid dienone is 1. The molecule has 1 amide bonds. The highest BCUT2D eigenvalue weighted by atomic mass is 35.5. The lowest BCUT2D eigenvalue weighted by molar-refractivity contribution is -0.113. The lowest BCUT2D eigenvalue weighted by Crippen LogP contribution is -2.27. The fourth-order valence-corrected chi connectivity index (χ4v) is 4.15. The van der Waals surface area contributed by atoms with Crippen LogP contribution < -0.4 is 4.90 Å². The minimum atomic E-state index is 0.0271. The predicted molar refractivity (Wildman–Crippen MR) is 89.2 cm³/mol. The third-order valence-corrected chi connectivity index (χ3v) is 5.34. The molecular formula is C15H14ClNOS2. The number of rotatable bonds is 1. The normalized spacial score (nSPS) is 19.9. The second-order valence-electron chi connectivity index (χ2n) is 4.98. The molecule has 1 aliphatic carbocycles. The van der Waals surface area contributed by atoms with Gasteiger partial charge in [-0.3, -0.25) is 9.69 Å². The molecule has 0 aromatic heterocycles. The Morgan fingerprint density at radius 1 is 1.10 bits per heavy atom. The summed E-state index contributed by atoms with van der Waals surface area (Å²) in [7, 11) is 0. The fraction of sp³-hybridized carbons (Fsp3) is 0.333. The van der Waals surface area contributed by atoms with E-state index >= 15 is 0 Å². The predicted octanol–water partition coefficient (Wildman–Crippen LogP) is 4.92. The second kappa shape index (κ2) is 5.88. The summed E-state index contributed by atoms with van der Waals surface area (Å²) in [5.74, 6) is 0.0271. The van der Waals surface area contributed by atoms with Gasteiger partial charge in [-0.2, -0.15) is 0 Å². The van der Waals surface area contributed by atoms with Crippen molar-refractivity contribution >= 4 is 51.5 Å². The Hall–Kier alpha value is -0.840. The molecule has 1 saturated carbocycles. The van der Waals surface area contributed by atoms with Crippen molar-refractivity contribution in [2.75, 3.05) is 4.90 Å². The molecule has 1 heterocycles. The van der Waals surface area contributed by atoms with Gasteiger partial charge >= 0.3 is 0 Å². The van der Waals surface area contributed by atoms with Crippen LogP contribution in [0.25, 0.3) is 0 Å². The molecule has 0 radical (unpaired) electrons. The summed E-state index contributed by atoms with van der Waals surface area (Å²) in [5, 5.41) is 0.657. The average molecular weight is 324 g/mol. The van der Waals surface area contributed by atoms with Crippen molar-refractivity contribution in [1.29, 1.82) is 0 Å². The Balaban J connectivity index is 1.92. The van der Waals surface area contributed by atoms with Crippen LogP contribution in [0.1, 0.15) is 32.1 Å². The number of carbonyl (C=O) groups excluding carboxylic acids is 1. The van der Waals surface area contributed by atoms with E-state index in [4.69, 9.17) is 23.8 Å². The number of halogens is 1. The highest BCUT2D eigenvalue weighted by molar-refractivity contribution is 8.27. The van der Waals surface area contributed by atoms with Crippen LogP contribution in [0.15, 0.2) is 34.7 Å². The van der Waals surface area contributed by atoms with Crippen LogP contribution in [-0.4, -0.2) is 10.2 Å². The summed E-state index contributed by atoms with van der Waals surface area (Å²) < 4.78 is 0.616. The molecule has 2 nitrogen and oxygen atoms in total. The van der Waals surface area contributed by atoms with E-state index in [1.165, 1.54) is 36.6 Å². The molecule has 3 rings (SSSR count). The maximum absolute atomic E-state index is 12.6. The maximum atomic E-state index is 12.6. The Kier molecular flexibility index (Phi) is 4.15. The van der Waals surface area contributed by atoms with Gasteiger partial charge < -0.3 is 0 Å². The minimum absolute atomic E-state index is 0.0271. The van der Waals surface area contributed by atoms with Gasteiger partial charge in [0.05, 0.1) is 10.6 Å². The van der Waals surface area contributed by atoms with Gasteiger partial charge in [0.1, 0.15) is 0 Å². The van der Waals surface area contributed by atoms with Crippen molar-refractivity contribution in [3.63, 3.8) is 0 Å². The number of nitrogens with zero attached hydrogens (tertiary/aromatic N) is 1. The monoisotopic (exact) mass is 323 g/mol. The standard InChI is InChI=1S/C15H14ClNOS2/c16-11-6-8-12(9-7-11)17-14(18)13(20-15(17)19)10-4-2-1-3-5-10/h6-9H,1-5H2. The van der Waals surface area contributed by atoms with E-state index in [0.717, 1.165) is 23.4 Å². The SMILES string of the molecule is O=C1C(=C2CCCCC2)SC(=S)N1c1ccc(Cl)cc1. The van der Waals surface area contributed by atoms with Crippen LogP contribution in [0.3, 0.4) is 0 Å². The van der Waals surface area contributed by atoms with Crippen molar-refractivity contribution in [2.45, 2.75) is 32.1 Å². The molecule has 1 saturated heterocycles. The van der Waals surface area contributed by atoms with Crippen LogP contribution >= 0.6 is 35.6 Å². The molecule has 0 atom stereocenters. The van der Waals surface area contributed by atoms with Crippen LogP contribution in [0, 0.1) is 0 Å². The minimum Gasteiger partial charge on any atom is -0.268 e. The largest absolute Gasteiger partial charge is 0.270 e. The summed E-state index contributed by atoms with van der Waals surface area (Å²) in [6.07, 6.45) is 5.69. The van der Waals surface area contributed by atoms with E-state index in [-0.39, 0.29) is 5.91 Å². The van der Waals surface area contributed by atoms with Crippen molar-refractivity contribution in [3.05, 3.63) is 39.8 Å². The first-order chi connectivity index (χ1) is 9.66. The van der Waals surface area contributed by atoms with Gasteiger partial charge in [0.25, 0.3) is 5.91 Å². The number of carbonyl (C=O) groups is 1. The molecule has 5 heteroatoms. The van der Waals surface area contributed by atoms with Crippen LogP contribution in [0.4, 0.5) is 5.69 Å².